The Balaban J connectivity index is 2.48. The third-order valence-electron chi connectivity index (χ3n) is 1.68. The van der Waals surface area contributed by atoms with Gasteiger partial charge >= 0.3 is 0 Å². The van der Waals surface area contributed by atoms with Gasteiger partial charge in [0.25, 0.3) is 0 Å². The summed E-state index contributed by atoms with van der Waals surface area (Å²) in [4.78, 5) is 10.5. The van der Waals surface area contributed by atoms with Gasteiger partial charge in [-0.05, 0) is 13.3 Å². The van der Waals surface area contributed by atoms with Crippen LogP contribution in [0, 0.1) is 5.41 Å². The molecule has 0 aromatic rings. The minimum Gasteiger partial charge on any atom is -0.379 e. The lowest BCUT2D eigenvalue weighted by Crippen LogP contribution is -2.43. The first-order valence-electron chi connectivity index (χ1n) is 3.37. The van der Waals surface area contributed by atoms with Crippen LogP contribution in [0.2, 0.25) is 0 Å². The molecule has 0 atom stereocenters. The van der Waals surface area contributed by atoms with Gasteiger partial charge < -0.3 is 9.53 Å². The third-order valence-corrected chi connectivity index (χ3v) is 1.68. The molecule has 0 bridgehead atoms. The van der Waals surface area contributed by atoms with E-state index in [0.717, 1.165) is 18.3 Å². The highest BCUT2D eigenvalue weighted by molar-refractivity contribution is 5.61. The van der Waals surface area contributed by atoms with Gasteiger partial charge in [-0.3, -0.25) is 0 Å². The Hall–Kier alpha value is -0.630. The SMILES string of the molecule is C=C(C)CC1(C=O)COC1. The summed E-state index contributed by atoms with van der Waals surface area (Å²) < 4.78 is 4.96. The first-order valence-corrected chi connectivity index (χ1v) is 3.37. The maximum Gasteiger partial charge on any atom is 0.131 e. The zero-order valence-electron chi connectivity index (χ0n) is 6.22. The van der Waals surface area contributed by atoms with Crippen molar-refractivity contribution in [2.24, 2.45) is 5.41 Å². The number of carbonyl (C=O) groups is 1. The molecule has 2 nitrogen and oxygen atoms in total. The van der Waals surface area contributed by atoms with E-state index >= 15 is 0 Å². The van der Waals surface area contributed by atoms with E-state index in [2.05, 4.69) is 6.58 Å². The summed E-state index contributed by atoms with van der Waals surface area (Å²) in [6, 6.07) is 0. The molecule has 0 aliphatic carbocycles. The fourth-order valence-electron chi connectivity index (χ4n) is 1.18. The molecule has 1 aliphatic rings. The number of allylic oxidation sites excluding steroid dienone is 1. The third kappa shape index (κ3) is 1.27. The van der Waals surface area contributed by atoms with Gasteiger partial charge in [-0.15, -0.1) is 6.58 Å². The quantitative estimate of drug-likeness (QED) is 0.434. The second kappa shape index (κ2) is 2.54. The number of rotatable bonds is 3. The van der Waals surface area contributed by atoms with Crippen LogP contribution in [0.4, 0.5) is 0 Å². The zero-order valence-corrected chi connectivity index (χ0v) is 6.22. The Bertz CT molecular complexity index is 157. The molecule has 0 aromatic heterocycles. The van der Waals surface area contributed by atoms with Crippen molar-refractivity contribution >= 4 is 6.29 Å². The van der Waals surface area contributed by atoms with Crippen LogP contribution >= 0.6 is 0 Å². The average Bonchev–Trinajstić information content (AvgIpc) is 1.78. The number of aldehydes is 1. The summed E-state index contributed by atoms with van der Waals surface area (Å²) in [6.45, 7) is 6.84. The van der Waals surface area contributed by atoms with Crippen LogP contribution < -0.4 is 0 Å². The smallest absolute Gasteiger partial charge is 0.131 e. The van der Waals surface area contributed by atoms with Crippen molar-refractivity contribution in [2.45, 2.75) is 13.3 Å². The number of carbonyl (C=O) groups excluding carboxylic acids is 1. The predicted molar refractivity (Wildman–Crippen MR) is 38.7 cm³/mol. The predicted octanol–water partition coefficient (Wildman–Crippen LogP) is 1.17. The summed E-state index contributed by atoms with van der Waals surface area (Å²) in [6.07, 6.45) is 1.77. The average molecular weight is 140 g/mol. The maximum atomic E-state index is 10.5. The summed E-state index contributed by atoms with van der Waals surface area (Å²) in [5.41, 5.74) is 0.835. The molecule has 1 heterocycles. The highest BCUT2D eigenvalue weighted by Gasteiger charge is 2.37. The normalized spacial score (nSPS) is 21.3. The molecule has 0 amide bonds. The van der Waals surface area contributed by atoms with Gasteiger partial charge in [-0.2, -0.15) is 0 Å². The topological polar surface area (TPSA) is 26.3 Å². The summed E-state index contributed by atoms with van der Waals surface area (Å²) in [5, 5.41) is 0. The molecular weight excluding hydrogens is 128 g/mol. The van der Waals surface area contributed by atoms with Gasteiger partial charge in [0.05, 0.1) is 18.6 Å². The zero-order chi connectivity index (χ0) is 7.61. The van der Waals surface area contributed by atoms with E-state index in [1.54, 1.807) is 0 Å². The summed E-state index contributed by atoms with van der Waals surface area (Å²) >= 11 is 0. The molecule has 0 saturated carbocycles. The van der Waals surface area contributed by atoms with Gasteiger partial charge in [-0.1, -0.05) is 5.57 Å². The maximum absolute atomic E-state index is 10.5. The molecule has 1 aliphatic heterocycles. The van der Waals surface area contributed by atoms with E-state index < -0.39 is 0 Å². The number of ether oxygens (including phenoxy) is 1. The van der Waals surface area contributed by atoms with E-state index in [0.29, 0.717) is 13.2 Å². The standard InChI is InChI=1S/C8H12O2/c1-7(2)3-8(4-9)5-10-6-8/h4H,1,3,5-6H2,2H3. The second-order valence-electron chi connectivity index (χ2n) is 3.11. The van der Waals surface area contributed by atoms with Crippen molar-refractivity contribution in [3.05, 3.63) is 12.2 Å². The molecule has 0 spiro atoms. The summed E-state index contributed by atoms with van der Waals surface area (Å²) in [7, 11) is 0. The van der Waals surface area contributed by atoms with Crippen LogP contribution in [0.3, 0.4) is 0 Å². The molecule has 1 rings (SSSR count). The fourth-order valence-corrected chi connectivity index (χ4v) is 1.18. The van der Waals surface area contributed by atoms with Crippen molar-refractivity contribution in [3.8, 4) is 0 Å². The van der Waals surface area contributed by atoms with Gasteiger partial charge in [0.1, 0.15) is 6.29 Å². The molecule has 56 valence electrons. The first kappa shape index (κ1) is 7.48. The van der Waals surface area contributed by atoms with Gasteiger partial charge in [0.15, 0.2) is 0 Å². The summed E-state index contributed by atoms with van der Waals surface area (Å²) in [5.74, 6) is 0. The van der Waals surface area contributed by atoms with Crippen molar-refractivity contribution in [1.82, 2.24) is 0 Å². The lowest BCUT2D eigenvalue weighted by atomic mass is 9.82. The molecule has 2 heteroatoms. The lowest BCUT2D eigenvalue weighted by Gasteiger charge is -2.36. The van der Waals surface area contributed by atoms with Crippen molar-refractivity contribution in [1.29, 1.82) is 0 Å². The van der Waals surface area contributed by atoms with E-state index in [9.17, 15) is 4.79 Å². The molecule has 1 saturated heterocycles. The molecule has 1 fully saturated rings. The van der Waals surface area contributed by atoms with Crippen LogP contribution in [0.5, 0.6) is 0 Å². The van der Waals surface area contributed by atoms with Crippen LogP contribution in [0.15, 0.2) is 12.2 Å². The second-order valence-corrected chi connectivity index (χ2v) is 3.11. The van der Waals surface area contributed by atoms with Gasteiger partial charge in [-0.25, -0.2) is 0 Å². The Morgan fingerprint density at radius 2 is 2.40 bits per heavy atom. The first-order chi connectivity index (χ1) is 4.68. The minimum atomic E-state index is -0.216. The number of hydrogen-bond donors (Lipinski definition) is 0. The van der Waals surface area contributed by atoms with Crippen LogP contribution in [-0.4, -0.2) is 19.5 Å². The van der Waals surface area contributed by atoms with Crippen molar-refractivity contribution in [3.63, 3.8) is 0 Å². The highest BCUT2D eigenvalue weighted by Crippen LogP contribution is 2.31. The van der Waals surface area contributed by atoms with Crippen LogP contribution in [0.25, 0.3) is 0 Å². The molecule has 0 unspecified atom stereocenters. The molecule has 0 aromatic carbocycles. The highest BCUT2D eigenvalue weighted by atomic mass is 16.5. The van der Waals surface area contributed by atoms with E-state index in [1.807, 2.05) is 6.92 Å². The van der Waals surface area contributed by atoms with Crippen molar-refractivity contribution in [2.75, 3.05) is 13.2 Å². The molecular formula is C8H12O2. The van der Waals surface area contributed by atoms with Gasteiger partial charge in [0, 0.05) is 0 Å². The lowest BCUT2D eigenvalue weighted by molar-refractivity contribution is -0.145. The van der Waals surface area contributed by atoms with E-state index in [4.69, 9.17) is 4.74 Å². The molecule has 0 N–H and O–H groups in total. The Morgan fingerprint density at radius 1 is 1.80 bits per heavy atom. The van der Waals surface area contributed by atoms with Crippen LogP contribution in [0.1, 0.15) is 13.3 Å². The van der Waals surface area contributed by atoms with E-state index in [1.165, 1.54) is 0 Å². The fraction of sp³-hybridized carbons (Fsp3) is 0.625. The van der Waals surface area contributed by atoms with Gasteiger partial charge in [0.2, 0.25) is 0 Å². The number of hydrogen-bond acceptors (Lipinski definition) is 2. The molecule has 0 radical (unpaired) electrons. The largest absolute Gasteiger partial charge is 0.379 e. The van der Waals surface area contributed by atoms with E-state index in [-0.39, 0.29) is 5.41 Å². The Morgan fingerprint density at radius 3 is 2.50 bits per heavy atom. The minimum absolute atomic E-state index is 0.216. The van der Waals surface area contributed by atoms with Crippen LogP contribution in [-0.2, 0) is 9.53 Å². The Labute approximate surface area is 60.9 Å². The molecule has 10 heavy (non-hydrogen) atoms. The Kier molecular flexibility index (Phi) is 1.90. The monoisotopic (exact) mass is 140 g/mol. The van der Waals surface area contributed by atoms with Crippen molar-refractivity contribution < 1.29 is 9.53 Å².